The van der Waals surface area contributed by atoms with Gasteiger partial charge in [0.1, 0.15) is 6.29 Å². The molecule has 2 aliphatic rings. The summed E-state index contributed by atoms with van der Waals surface area (Å²) < 4.78 is 5.34. The van der Waals surface area contributed by atoms with Gasteiger partial charge in [-0.05, 0) is 69.1 Å². The van der Waals surface area contributed by atoms with Crippen LogP contribution in [0.2, 0.25) is 0 Å². The Labute approximate surface area is 220 Å². The Hall–Kier alpha value is -1.46. The highest BCUT2D eigenvalue weighted by Gasteiger charge is 2.32. The Morgan fingerprint density at radius 3 is 1.86 bits per heavy atom. The number of carbonyl (C=O) groups excluding carboxylic acids is 2. The van der Waals surface area contributed by atoms with Gasteiger partial charge in [0, 0.05) is 16.6 Å². The maximum Gasteiger partial charge on any atom is 0.333 e. The summed E-state index contributed by atoms with van der Waals surface area (Å²) >= 11 is 0. The molecular formula is C31H54O5. The topological polar surface area (TPSA) is 83.8 Å². The van der Waals surface area contributed by atoms with Crippen LogP contribution in [-0.4, -0.2) is 42.3 Å². The summed E-state index contributed by atoms with van der Waals surface area (Å²) in [6.07, 6.45) is 19.6. The van der Waals surface area contributed by atoms with Gasteiger partial charge in [0.25, 0.3) is 0 Å². The number of hydrogen-bond acceptors (Lipinski definition) is 5. The summed E-state index contributed by atoms with van der Waals surface area (Å²) in [6, 6.07) is 0. The predicted molar refractivity (Wildman–Crippen MR) is 148 cm³/mol. The molecule has 0 spiro atoms. The molecule has 2 N–H and O–H groups in total. The molecule has 0 amide bonds. The first-order valence-corrected chi connectivity index (χ1v) is 14.3. The maximum atomic E-state index is 11.7. The fourth-order valence-electron chi connectivity index (χ4n) is 5.73. The first kappa shape index (κ1) is 32.6. The summed E-state index contributed by atoms with van der Waals surface area (Å²) in [4.78, 5) is 21.2. The van der Waals surface area contributed by atoms with Crippen molar-refractivity contribution in [3.8, 4) is 0 Å². The van der Waals surface area contributed by atoms with E-state index in [-0.39, 0.29) is 36.8 Å². The number of aliphatic hydroxyl groups excluding tert-OH is 2. The second-order valence-electron chi connectivity index (χ2n) is 11.9. The third-order valence-electron chi connectivity index (χ3n) is 8.47. The average Bonchev–Trinajstić information content (AvgIpc) is 2.91. The number of ether oxygens (including phenoxy) is 1. The van der Waals surface area contributed by atoms with E-state index in [1.54, 1.807) is 6.92 Å². The van der Waals surface area contributed by atoms with Crippen LogP contribution in [0, 0.1) is 29.1 Å². The molecule has 0 aromatic heterocycles. The van der Waals surface area contributed by atoms with Crippen molar-refractivity contribution in [2.24, 2.45) is 29.1 Å². The van der Waals surface area contributed by atoms with Crippen molar-refractivity contribution < 1.29 is 24.5 Å². The number of rotatable bonds is 14. The van der Waals surface area contributed by atoms with Crippen molar-refractivity contribution in [3.05, 3.63) is 24.3 Å². The normalized spacial score (nSPS) is 25.6. The highest BCUT2D eigenvalue weighted by atomic mass is 16.5. The van der Waals surface area contributed by atoms with Gasteiger partial charge in [-0.3, -0.25) is 4.79 Å². The van der Waals surface area contributed by atoms with Crippen molar-refractivity contribution in [3.63, 3.8) is 0 Å². The average molecular weight is 507 g/mol. The van der Waals surface area contributed by atoms with E-state index in [0.29, 0.717) is 11.9 Å². The van der Waals surface area contributed by atoms with Crippen LogP contribution in [0.3, 0.4) is 0 Å². The van der Waals surface area contributed by atoms with Crippen LogP contribution in [0.25, 0.3) is 0 Å². The summed E-state index contributed by atoms with van der Waals surface area (Å²) in [5, 5.41) is 17.9. The number of unbranched alkanes of at least 4 members (excludes halogenated alkanes) is 2. The molecule has 208 valence electrons. The predicted octanol–water partition coefficient (Wildman–Crippen LogP) is 6.81. The van der Waals surface area contributed by atoms with Gasteiger partial charge in [-0.25, -0.2) is 4.79 Å². The number of aldehydes is 1. The lowest BCUT2D eigenvalue weighted by Gasteiger charge is -2.38. The fourth-order valence-corrected chi connectivity index (χ4v) is 5.73. The maximum absolute atomic E-state index is 11.7. The Morgan fingerprint density at radius 2 is 1.47 bits per heavy atom. The van der Waals surface area contributed by atoms with E-state index in [9.17, 15) is 14.7 Å². The first-order chi connectivity index (χ1) is 17.2. The van der Waals surface area contributed by atoms with Crippen LogP contribution in [0.4, 0.5) is 0 Å². The molecule has 0 heterocycles. The summed E-state index contributed by atoms with van der Waals surface area (Å²) in [5.74, 6) is 3.38. The standard InChI is InChI=1S/C27H48O3.C4H6O2/c1-5-6-7-8-22-9-13-24(14-10-22)25-15-11-23(12-16-25)17-18-27(4,19-28)20-30-26(29)21(2)3;1-4(2-5)3-6/h22-25,28H,2,5-20H2,1,3-4H3;2,6H,1,3H2. The second kappa shape index (κ2) is 17.9. The third kappa shape index (κ3) is 12.7. The second-order valence-corrected chi connectivity index (χ2v) is 11.9. The SMILES string of the molecule is C=C(C)C(=O)OCC(C)(CO)CCC1CCC(C2CCC(CCCCC)CC2)CC1.C=C(C=O)CO. The van der Waals surface area contributed by atoms with Crippen LogP contribution in [0.1, 0.15) is 111 Å². The van der Waals surface area contributed by atoms with Crippen molar-refractivity contribution in [2.75, 3.05) is 19.8 Å². The van der Waals surface area contributed by atoms with Gasteiger partial charge in [0.05, 0.1) is 19.8 Å². The first-order valence-electron chi connectivity index (χ1n) is 14.3. The number of esters is 1. The smallest absolute Gasteiger partial charge is 0.333 e. The molecule has 2 fully saturated rings. The van der Waals surface area contributed by atoms with Crippen molar-refractivity contribution in [1.82, 2.24) is 0 Å². The molecular weight excluding hydrogens is 452 g/mol. The molecule has 0 radical (unpaired) electrons. The molecule has 0 aromatic rings. The van der Waals surface area contributed by atoms with E-state index in [4.69, 9.17) is 9.84 Å². The van der Waals surface area contributed by atoms with Gasteiger partial charge < -0.3 is 14.9 Å². The van der Waals surface area contributed by atoms with E-state index in [2.05, 4.69) is 20.1 Å². The van der Waals surface area contributed by atoms with Crippen LogP contribution in [0.15, 0.2) is 24.3 Å². The summed E-state index contributed by atoms with van der Waals surface area (Å²) in [7, 11) is 0. The molecule has 0 bridgehead atoms. The monoisotopic (exact) mass is 506 g/mol. The number of carbonyl (C=O) groups is 2. The van der Waals surface area contributed by atoms with E-state index < -0.39 is 0 Å². The molecule has 0 aliphatic heterocycles. The largest absolute Gasteiger partial charge is 0.462 e. The highest BCUT2D eigenvalue weighted by molar-refractivity contribution is 5.86. The zero-order chi connectivity index (χ0) is 27.0. The zero-order valence-electron chi connectivity index (χ0n) is 23.4. The lowest BCUT2D eigenvalue weighted by molar-refractivity contribution is -0.143. The molecule has 2 aliphatic carbocycles. The third-order valence-corrected chi connectivity index (χ3v) is 8.47. The van der Waals surface area contributed by atoms with Gasteiger partial charge in [0.15, 0.2) is 0 Å². The molecule has 1 atom stereocenters. The summed E-state index contributed by atoms with van der Waals surface area (Å²) in [6.45, 7) is 12.9. The van der Waals surface area contributed by atoms with Gasteiger partial charge in [0.2, 0.25) is 0 Å². The van der Waals surface area contributed by atoms with E-state index in [1.807, 2.05) is 6.92 Å². The highest BCUT2D eigenvalue weighted by Crippen LogP contribution is 2.43. The quantitative estimate of drug-likeness (QED) is 0.117. The Morgan fingerprint density at radius 1 is 0.944 bits per heavy atom. The molecule has 0 aromatic carbocycles. The number of hydrogen-bond donors (Lipinski definition) is 2. The van der Waals surface area contributed by atoms with Crippen molar-refractivity contribution in [1.29, 1.82) is 0 Å². The molecule has 5 heteroatoms. The minimum atomic E-state index is -0.352. The van der Waals surface area contributed by atoms with Gasteiger partial charge >= 0.3 is 5.97 Å². The molecule has 5 nitrogen and oxygen atoms in total. The fraction of sp³-hybridized carbons (Fsp3) is 0.806. The Bertz CT molecular complexity index is 656. The Kier molecular flexibility index (Phi) is 16.2. The lowest BCUT2D eigenvalue weighted by Crippen LogP contribution is -2.31. The molecule has 2 rings (SSSR count). The van der Waals surface area contributed by atoms with E-state index in [1.165, 1.54) is 77.0 Å². The van der Waals surface area contributed by atoms with Crippen LogP contribution < -0.4 is 0 Å². The minimum Gasteiger partial charge on any atom is -0.462 e. The van der Waals surface area contributed by atoms with Crippen LogP contribution in [0.5, 0.6) is 0 Å². The molecule has 0 saturated heterocycles. The van der Waals surface area contributed by atoms with Gasteiger partial charge in [-0.1, -0.05) is 78.4 Å². The zero-order valence-corrected chi connectivity index (χ0v) is 23.4. The number of aliphatic hydroxyl groups is 2. The van der Waals surface area contributed by atoms with Crippen molar-refractivity contribution in [2.45, 2.75) is 111 Å². The van der Waals surface area contributed by atoms with Crippen LogP contribution >= 0.6 is 0 Å². The van der Waals surface area contributed by atoms with Crippen LogP contribution in [-0.2, 0) is 14.3 Å². The minimum absolute atomic E-state index is 0.0628. The van der Waals surface area contributed by atoms with E-state index in [0.717, 1.165) is 36.5 Å². The summed E-state index contributed by atoms with van der Waals surface area (Å²) in [5.41, 5.74) is 0.302. The molecule has 2 saturated carbocycles. The van der Waals surface area contributed by atoms with Gasteiger partial charge in [-0.2, -0.15) is 0 Å². The Balaban J connectivity index is 0.000000960. The molecule has 1 unspecified atom stereocenters. The molecule has 36 heavy (non-hydrogen) atoms. The van der Waals surface area contributed by atoms with Gasteiger partial charge in [-0.15, -0.1) is 0 Å². The lowest BCUT2D eigenvalue weighted by atomic mass is 9.67. The van der Waals surface area contributed by atoms with Crippen molar-refractivity contribution >= 4 is 12.3 Å². The van der Waals surface area contributed by atoms with E-state index >= 15 is 0 Å².